The van der Waals surface area contributed by atoms with Gasteiger partial charge >= 0.3 is 0 Å². The molecule has 94 valence electrons. The molecule has 0 saturated heterocycles. The molecule has 1 unspecified atom stereocenters. The lowest BCUT2D eigenvalue weighted by molar-refractivity contribution is -0.122. The molecule has 0 aliphatic carbocycles. The van der Waals surface area contributed by atoms with Crippen LogP contribution in [0, 0.1) is 6.92 Å². The Morgan fingerprint density at radius 2 is 1.88 bits per heavy atom. The molecule has 6 nitrogen and oxygen atoms in total. The van der Waals surface area contributed by atoms with Crippen LogP contribution in [0.5, 0.6) is 11.5 Å². The molecule has 0 fully saturated rings. The number of rotatable bonds is 4. The van der Waals surface area contributed by atoms with Crippen LogP contribution in [0.2, 0.25) is 0 Å². The van der Waals surface area contributed by atoms with Crippen LogP contribution in [-0.2, 0) is 4.79 Å². The fourth-order valence-electron chi connectivity index (χ4n) is 1.55. The van der Waals surface area contributed by atoms with Crippen molar-refractivity contribution < 1.29 is 14.3 Å². The molecule has 0 heterocycles. The van der Waals surface area contributed by atoms with Gasteiger partial charge in [0.2, 0.25) is 0 Å². The molecule has 5 N–H and O–H groups in total. The van der Waals surface area contributed by atoms with Crippen molar-refractivity contribution >= 4 is 5.91 Å². The number of amides is 1. The molecule has 0 saturated carbocycles. The van der Waals surface area contributed by atoms with Crippen molar-refractivity contribution in [1.82, 2.24) is 5.43 Å². The lowest BCUT2D eigenvalue weighted by Gasteiger charge is -2.16. The van der Waals surface area contributed by atoms with Gasteiger partial charge in [-0.15, -0.1) is 0 Å². The first-order valence-corrected chi connectivity index (χ1v) is 5.03. The second-order valence-corrected chi connectivity index (χ2v) is 3.55. The van der Waals surface area contributed by atoms with E-state index < -0.39 is 11.9 Å². The standard InChI is InChI=1S/C11H17N3O3/c1-6-4-9(17-3)7(5-8(6)16-2)10(12)11(15)14-13/h4-5,10H,12-13H2,1-3H3,(H,14,15). The summed E-state index contributed by atoms with van der Waals surface area (Å²) >= 11 is 0. The molecule has 17 heavy (non-hydrogen) atoms. The molecule has 1 aromatic rings. The van der Waals surface area contributed by atoms with E-state index in [1.165, 1.54) is 7.11 Å². The summed E-state index contributed by atoms with van der Waals surface area (Å²) < 4.78 is 10.4. The summed E-state index contributed by atoms with van der Waals surface area (Å²) in [4.78, 5) is 11.4. The van der Waals surface area contributed by atoms with Crippen LogP contribution in [0.1, 0.15) is 17.2 Å². The van der Waals surface area contributed by atoms with Gasteiger partial charge in [0.05, 0.1) is 14.2 Å². The zero-order valence-electron chi connectivity index (χ0n) is 10.1. The lowest BCUT2D eigenvalue weighted by atomic mass is 10.0. The number of methoxy groups -OCH3 is 2. The molecule has 1 aromatic carbocycles. The summed E-state index contributed by atoms with van der Waals surface area (Å²) in [6.07, 6.45) is 0. The third kappa shape index (κ3) is 2.66. The van der Waals surface area contributed by atoms with E-state index in [-0.39, 0.29) is 0 Å². The van der Waals surface area contributed by atoms with E-state index in [0.717, 1.165) is 5.56 Å². The average molecular weight is 239 g/mol. The third-order valence-electron chi connectivity index (χ3n) is 2.51. The highest BCUT2D eigenvalue weighted by molar-refractivity contribution is 5.83. The molecule has 0 spiro atoms. The number of nitrogens with two attached hydrogens (primary N) is 2. The van der Waals surface area contributed by atoms with Crippen molar-refractivity contribution in [1.29, 1.82) is 0 Å². The quantitative estimate of drug-likeness (QED) is 0.390. The summed E-state index contributed by atoms with van der Waals surface area (Å²) in [7, 11) is 3.06. The fraction of sp³-hybridized carbons (Fsp3) is 0.364. The van der Waals surface area contributed by atoms with Gasteiger partial charge in [-0.05, 0) is 24.6 Å². The first-order chi connectivity index (χ1) is 8.04. The Balaban J connectivity index is 3.25. The number of ether oxygens (including phenoxy) is 2. The highest BCUT2D eigenvalue weighted by Gasteiger charge is 2.20. The van der Waals surface area contributed by atoms with Crippen LogP contribution < -0.4 is 26.5 Å². The van der Waals surface area contributed by atoms with Crippen molar-refractivity contribution in [3.63, 3.8) is 0 Å². The monoisotopic (exact) mass is 239 g/mol. The molecule has 0 radical (unpaired) electrons. The van der Waals surface area contributed by atoms with Gasteiger partial charge < -0.3 is 15.2 Å². The van der Waals surface area contributed by atoms with Crippen molar-refractivity contribution in [2.24, 2.45) is 11.6 Å². The Kier molecular flexibility index (Phi) is 4.30. The van der Waals surface area contributed by atoms with Crippen LogP contribution in [0.4, 0.5) is 0 Å². The first kappa shape index (κ1) is 13.3. The van der Waals surface area contributed by atoms with E-state index in [1.807, 2.05) is 12.3 Å². The van der Waals surface area contributed by atoms with Crippen molar-refractivity contribution in [2.45, 2.75) is 13.0 Å². The zero-order chi connectivity index (χ0) is 13.0. The number of carbonyl (C=O) groups is 1. The maximum atomic E-state index is 11.4. The Hall–Kier alpha value is -1.79. The minimum Gasteiger partial charge on any atom is -0.496 e. The number of carbonyl (C=O) groups excluding carboxylic acids is 1. The Morgan fingerprint density at radius 3 is 2.35 bits per heavy atom. The molecule has 0 aromatic heterocycles. The summed E-state index contributed by atoms with van der Waals surface area (Å²) in [5.41, 5.74) is 9.20. The van der Waals surface area contributed by atoms with Gasteiger partial charge in [0.15, 0.2) is 0 Å². The third-order valence-corrected chi connectivity index (χ3v) is 2.51. The van der Waals surface area contributed by atoms with Gasteiger partial charge in [-0.2, -0.15) is 0 Å². The van der Waals surface area contributed by atoms with E-state index in [1.54, 1.807) is 19.2 Å². The van der Waals surface area contributed by atoms with Crippen molar-refractivity contribution in [3.05, 3.63) is 23.3 Å². The van der Waals surface area contributed by atoms with Gasteiger partial charge in [-0.1, -0.05) is 0 Å². The highest BCUT2D eigenvalue weighted by atomic mass is 16.5. The van der Waals surface area contributed by atoms with Crippen LogP contribution in [0.15, 0.2) is 12.1 Å². The first-order valence-electron chi connectivity index (χ1n) is 5.03. The number of hydrogen-bond donors (Lipinski definition) is 3. The molecule has 1 rings (SSSR count). The molecule has 1 atom stereocenters. The van der Waals surface area contributed by atoms with Gasteiger partial charge in [0.1, 0.15) is 17.5 Å². The molecule has 1 amide bonds. The maximum absolute atomic E-state index is 11.4. The number of hydrazine groups is 1. The van der Waals surface area contributed by atoms with Gasteiger partial charge in [0.25, 0.3) is 5.91 Å². The van der Waals surface area contributed by atoms with E-state index >= 15 is 0 Å². The minimum absolute atomic E-state index is 0.491. The number of aryl methyl sites for hydroxylation is 1. The molecular formula is C11H17N3O3. The predicted molar refractivity (Wildman–Crippen MR) is 63.5 cm³/mol. The predicted octanol–water partition coefficient (Wildman–Crippen LogP) is 0.00192. The average Bonchev–Trinajstić information content (AvgIpc) is 2.36. The van der Waals surface area contributed by atoms with E-state index in [4.69, 9.17) is 21.1 Å². The normalized spacial score (nSPS) is 11.8. The number of nitrogens with one attached hydrogen (secondary N) is 1. The Bertz CT molecular complexity index is 421. The van der Waals surface area contributed by atoms with Gasteiger partial charge in [0, 0.05) is 5.56 Å². The fourth-order valence-corrected chi connectivity index (χ4v) is 1.55. The van der Waals surface area contributed by atoms with E-state index in [9.17, 15) is 4.79 Å². The molecule has 6 heteroatoms. The summed E-state index contributed by atoms with van der Waals surface area (Å²) in [5.74, 6) is 5.73. The topological polar surface area (TPSA) is 99.6 Å². The second kappa shape index (κ2) is 5.51. The maximum Gasteiger partial charge on any atom is 0.255 e. The number of hydrogen-bond acceptors (Lipinski definition) is 5. The van der Waals surface area contributed by atoms with Crippen molar-refractivity contribution in [2.75, 3.05) is 14.2 Å². The minimum atomic E-state index is -0.899. The lowest BCUT2D eigenvalue weighted by Crippen LogP contribution is -2.38. The van der Waals surface area contributed by atoms with Crippen LogP contribution in [0.25, 0.3) is 0 Å². The van der Waals surface area contributed by atoms with E-state index in [0.29, 0.717) is 17.1 Å². The largest absolute Gasteiger partial charge is 0.496 e. The zero-order valence-corrected chi connectivity index (χ0v) is 10.1. The molecule has 0 aliphatic rings. The summed E-state index contributed by atoms with van der Waals surface area (Å²) in [6.45, 7) is 1.87. The Labute approximate surface area is 99.8 Å². The van der Waals surface area contributed by atoms with Crippen LogP contribution in [-0.4, -0.2) is 20.1 Å². The van der Waals surface area contributed by atoms with Crippen molar-refractivity contribution in [3.8, 4) is 11.5 Å². The van der Waals surface area contributed by atoms with Gasteiger partial charge in [-0.25, -0.2) is 5.84 Å². The molecule has 0 aliphatic heterocycles. The smallest absolute Gasteiger partial charge is 0.255 e. The van der Waals surface area contributed by atoms with E-state index in [2.05, 4.69) is 0 Å². The number of benzene rings is 1. The Morgan fingerprint density at radius 1 is 1.29 bits per heavy atom. The summed E-state index contributed by atoms with van der Waals surface area (Å²) in [6, 6.07) is 2.54. The van der Waals surface area contributed by atoms with Crippen LogP contribution in [0.3, 0.4) is 0 Å². The second-order valence-electron chi connectivity index (χ2n) is 3.55. The summed E-state index contributed by atoms with van der Waals surface area (Å²) in [5, 5.41) is 0. The highest BCUT2D eigenvalue weighted by Crippen LogP contribution is 2.31. The van der Waals surface area contributed by atoms with Crippen LogP contribution >= 0.6 is 0 Å². The molecule has 0 bridgehead atoms. The SMILES string of the molecule is COc1cc(C(N)C(=O)NN)c(OC)cc1C. The molecular weight excluding hydrogens is 222 g/mol. The van der Waals surface area contributed by atoms with Gasteiger partial charge in [-0.3, -0.25) is 10.2 Å².